The van der Waals surface area contributed by atoms with Crippen LogP contribution in [-0.4, -0.2) is 14.9 Å². The van der Waals surface area contributed by atoms with Gasteiger partial charge >= 0.3 is 0 Å². The maximum atomic E-state index is 6.15. The lowest BCUT2D eigenvalue weighted by atomic mass is 10.2. The Bertz CT molecular complexity index is 606. The van der Waals surface area contributed by atoms with Crippen LogP contribution in [0.25, 0.3) is 5.69 Å². The quantitative estimate of drug-likeness (QED) is 0.831. The summed E-state index contributed by atoms with van der Waals surface area (Å²) in [4.78, 5) is 0. The normalized spacial score (nSPS) is 10.4. The van der Waals surface area contributed by atoms with Gasteiger partial charge in [-0.25, -0.2) is 4.68 Å². The molecule has 0 saturated carbocycles. The highest BCUT2D eigenvalue weighted by Gasteiger charge is 2.13. The van der Waals surface area contributed by atoms with Crippen molar-refractivity contribution in [1.29, 1.82) is 0 Å². The summed E-state index contributed by atoms with van der Waals surface area (Å²) in [5, 5.41) is 8.23. The van der Waals surface area contributed by atoms with Gasteiger partial charge in [-0.15, -0.1) is 0 Å². The van der Waals surface area contributed by atoms with Gasteiger partial charge in [0.1, 0.15) is 0 Å². The number of nitrogens with zero attached hydrogens (tertiary/aromatic N) is 2. The SMILES string of the molecule is Cc1nn(-c2ccccc2NC(N)=S)c(C)c1Cl. The lowest BCUT2D eigenvalue weighted by Gasteiger charge is -2.11. The maximum Gasteiger partial charge on any atom is 0.168 e. The molecule has 0 atom stereocenters. The van der Waals surface area contributed by atoms with Crippen molar-refractivity contribution in [1.82, 2.24) is 9.78 Å². The van der Waals surface area contributed by atoms with Crippen LogP contribution < -0.4 is 11.1 Å². The third-order valence-electron chi connectivity index (χ3n) is 2.59. The molecule has 1 aromatic heterocycles. The smallest absolute Gasteiger partial charge is 0.168 e. The van der Waals surface area contributed by atoms with Crippen LogP contribution in [0.3, 0.4) is 0 Å². The Kier molecular flexibility index (Phi) is 3.54. The van der Waals surface area contributed by atoms with Crippen LogP contribution in [0.2, 0.25) is 5.02 Å². The molecule has 1 heterocycles. The monoisotopic (exact) mass is 280 g/mol. The second-order valence-corrected chi connectivity index (χ2v) is 4.72. The zero-order valence-electron chi connectivity index (χ0n) is 10.1. The van der Waals surface area contributed by atoms with Crippen LogP contribution in [-0.2, 0) is 0 Å². The summed E-state index contributed by atoms with van der Waals surface area (Å²) in [7, 11) is 0. The van der Waals surface area contributed by atoms with Crippen molar-refractivity contribution >= 4 is 34.6 Å². The topological polar surface area (TPSA) is 55.9 Å². The molecule has 0 aliphatic carbocycles. The molecule has 4 nitrogen and oxygen atoms in total. The lowest BCUT2D eigenvalue weighted by Crippen LogP contribution is -2.20. The van der Waals surface area contributed by atoms with Crippen molar-refractivity contribution in [2.24, 2.45) is 5.73 Å². The predicted molar refractivity (Wildman–Crippen MR) is 78.5 cm³/mol. The second kappa shape index (κ2) is 4.96. The van der Waals surface area contributed by atoms with E-state index in [4.69, 9.17) is 29.6 Å². The van der Waals surface area contributed by atoms with Crippen LogP contribution in [0.15, 0.2) is 24.3 Å². The fraction of sp³-hybridized carbons (Fsp3) is 0.167. The maximum absolute atomic E-state index is 6.15. The molecule has 2 aromatic rings. The van der Waals surface area contributed by atoms with Crippen molar-refractivity contribution in [2.45, 2.75) is 13.8 Å². The van der Waals surface area contributed by atoms with Gasteiger partial charge in [0.15, 0.2) is 5.11 Å². The summed E-state index contributed by atoms with van der Waals surface area (Å²) < 4.78 is 1.78. The Labute approximate surface area is 116 Å². The number of nitrogens with two attached hydrogens (primary N) is 1. The number of aryl methyl sites for hydroxylation is 1. The van der Waals surface area contributed by atoms with Gasteiger partial charge in [0.2, 0.25) is 0 Å². The molecule has 0 amide bonds. The fourth-order valence-electron chi connectivity index (χ4n) is 1.75. The average molecular weight is 281 g/mol. The molecule has 94 valence electrons. The minimum atomic E-state index is 0.218. The molecule has 0 saturated heterocycles. The van der Waals surface area contributed by atoms with Gasteiger partial charge in [-0.1, -0.05) is 23.7 Å². The number of rotatable bonds is 2. The Morgan fingerprint density at radius 3 is 2.61 bits per heavy atom. The molecule has 1 aromatic carbocycles. The Morgan fingerprint density at radius 2 is 2.06 bits per heavy atom. The molecule has 3 N–H and O–H groups in total. The second-order valence-electron chi connectivity index (χ2n) is 3.90. The van der Waals surface area contributed by atoms with Crippen molar-refractivity contribution in [3.05, 3.63) is 40.7 Å². The van der Waals surface area contributed by atoms with E-state index in [1.807, 2.05) is 38.1 Å². The van der Waals surface area contributed by atoms with Gasteiger partial charge < -0.3 is 11.1 Å². The van der Waals surface area contributed by atoms with E-state index < -0.39 is 0 Å². The van der Waals surface area contributed by atoms with Crippen LogP contribution in [0, 0.1) is 13.8 Å². The first-order chi connectivity index (χ1) is 8.50. The molecular weight excluding hydrogens is 268 g/mol. The third-order valence-corrected chi connectivity index (χ3v) is 3.24. The minimum Gasteiger partial charge on any atom is -0.376 e. The lowest BCUT2D eigenvalue weighted by molar-refractivity contribution is 0.835. The van der Waals surface area contributed by atoms with Gasteiger partial charge in [0.05, 0.1) is 27.8 Å². The highest BCUT2D eigenvalue weighted by atomic mass is 35.5. The van der Waals surface area contributed by atoms with Crippen molar-refractivity contribution in [2.75, 3.05) is 5.32 Å². The largest absolute Gasteiger partial charge is 0.376 e. The molecular formula is C12H13ClN4S. The third kappa shape index (κ3) is 2.32. The Balaban J connectivity index is 2.56. The molecule has 0 fully saturated rings. The number of anilines is 1. The standard InChI is InChI=1S/C12H13ClN4S/c1-7-11(13)8(2)17(16-7)10-6-4-3-5-9(10)15-12(14)18/h3-6H,1-2H3,(H3,14,15,18). The van der Waals surface area contributed by atoms with Crippen molar-refractivity contribution < 1.29 is 0 Å². The van der Waals surface area contributed by atoms with E-state index in [0.29, 0.717) is 5.02 Å². The number of hydrogen-bond acceptors (Lipinski definition) is 2. The van der Waals surface area contributed by atoms with Crippen LogP contribution in [0.5, 0.6) is 0 Å². The molecule has 0 bridgehead atoms. The fourth-order valence-corrected chi connectivity index (χ4v) is 1.98. The van der Waals surface area contributed by atoms with Gasteiger partial charge in [-0.05, 0) is 38.2 Å². The summed E-state index contributed by atoms with van der Waals surface area (Å²) in [6.45, 7) is 3.79. The van der Waals surface area contributed by atoms with E-state index in [2.05, 4.69) is 10.4 Å². The summed E-state index contributed by atoms with van der Waals surface area (Å²) in [5.74, 6) is 0. The molecule has 18 heavy (non-hydrogen) atoms. The Morgan fingerprint density at radius 1 is 1.39 bits per heavy atom. The molecule has 2 rings (SSSR count). The summed E-state index contributed by atoms with van der Waals surface area (Å²) in [5.41, 5.74) is 8.84. The van der Waals surface area contributed by atoms with E-state index in [9.17, 15) is 0 Å². The van der Waals surface area contributed by atoms with Gasteiger partial charge in [-0.2, -0.15) is 5.10 Å². The summed E-state index contributed by atoms with van der Waals surface area (Å²) in [6.07, 6.45) is 0. The summed E-state index contributed by atoms with van der Waals surface area (Å²) in [6, 6.07) is 7.64. The number of aromatic nitrogens is 2. The van der Waals surface area contributed by atoms with Crippen molar-refractivity contribution in [3.63, 3.8) is 0 Å². The van der Waals surface area contributed by atoms with E-state index in [0.717, 1.165) is 22.8 Å². The Hall–Kier alpha value is -1.59. The van der Waals surface area contributed by atoms with E-state index >= 15 is 0 Å². The molecule has 6 heteroatoms. The zero-order valence-corrected chi connectivity index (χ0v) is 11.6. The number of para-hydroxylation sites is 2. The average Bonchev–Trinajstić information content (AvgIpc) is 2.57. The number of thiocarbonyl (C=S) groups is 1. The molecule has 0 aliphatic rings. The highest BCUT2D eigenvalue weighted by molar-refractivity contribution is 7.80. The number of halogens is 1. The molecule has 0 spiro atoms. The van der Waals surface area contributed by atoms with E-state index in [-0.39, 0.29) is 5.11 Å². The van der Waals surface area contributed by atoms with Crippen molar-refractivity contribution in [3.8, 4) is 5.69 Å². The molecule has 0 aliphatic heterocycles. The zero-order chi connectivity index (χ0) is 13.3. The number of benzene rings is 1. The van der Waals surface area contributed by atoms with E-state index in [1.54, 1.807) is 4.68 Å². The van der Waals surface area contributed by atoms with Gasteiger partial charge in [0, 0.05) is 0 Å². The first-order valence-electron chi connectivity index (χ1n) is 5.38. The minimum absolute atomic E-state index is 0.218. The summed E-state index contributed by atoms with van der Waals surface area (Å²) >= 11 is 11.0. The first kappa shape index (κ1) is 12.9. The number of hydrogen-bond donors (Lipinski definition) is 2. The van der Waals surface area contributed by atoms with E-state index in [1.165, 1.54) is 0 Å². The predicted octanol–water partition coefficient (Wildman–Crippen LogP) is 2.80. The van der Waals surface area contributed by atoms with Crippen LogP contribution in [0.1, 0.15) is 11.4 Å². The highest BCUT2D eigenvalue weighted by Crippen LogP contribution is 2.26. The number of nitrogens with one attached hydrogen (secondary N) is 1. The molecule has 0 unspecified atom stereocenters. The molecule has 0 radical (unpaired) electrons. The van der Waals surface area contributed by atoms with Gasteiger partial charge in [-0.3, -0.25) is 0 Å². The van der Waals surface area contributed by atoms with Crippen LogP contribution in [0.4, 0.5) is 5.69 Å². The first-order valence-corrected chi connectivity index (χ1v) is 6.17. The van der Waals surface area contributed by atoms with Crippen LogP contribution >= 0.6 is 23.8 Å². The van der Waals surface area contributed by atoms with Gasteiger partial charge in [0.25, 0.3) is 0 Å².